The highest BCUT2D eigenvalue weighted by atomic mass is 35.5. The van der Waals surface area contributed by atoms with E-state index in [1.807, 2.05) is 55.5 Å². The van der Waals surface area contributed by atoms with Crippen molar-refractivity contribution in [2.45, 2.75) is 51.9 Å². The van der Waals surface area contributed by atoms with Gasteiger partial charge in [0.05, 0.1) is 12.2 Å². The Kier molecular flexibility index (Phi) is 9.13. The standard InChI is InChI=1S/C32H35ClO5/c1-20(2)26-17-27(23-10-12-24(33)13-11-23)31(21(3)4)38-32(26)28-16-25(14-15-29(28)37-19-30(34)35)36-18-22-8-6-5-7-9-22/h5-16,21,26-27,31-32H,1,17-19H2,2-4H3,(H,34,35)/t26-,27-,31+,32+/m1/s1. The molecular weight excluding hydrogens is 500 g/mol. The predicted molar refractivity (Wildman–Crippen MR) is 150 cm³/mol. The van der Waals surface area contributed by atoms with Crippen molar-refractivity contribution in [3.05, 3.63) is 107 Å². The van der Waals surface area contributed by atoms with Gasteiger partial charge in [-0.1, -0.05) is 80.1 Å². The van der Waals surface area contributed by atoms with Gasteiger partial charge in [0.25, 0.3) is 0 Å². The van der Waals surface area contributed by atoms with Crippen LogP contribution in [-0.2, 0) is 16.1 Å². The van der Waals surface area contributed by atoms with Gasteiger partial charge in [-0.2, -0.15) is 0 Å². The van der Waals surface area contributed by atoms with Crippen LogP contribution in [0.5, 0.6) is 11.5 Å². The molecule has 0 bridgehead atoms. The molecule has 1 N–H and O–H groups in total. The van der Waals surface area contributed by atoms with Crippen LogP contribution >= 0.6 is 11.6 Å². The van der Waals surface area contributed by atoms with Gasteiger partial charge in [0.1, 0.15) is 18.1 Å². The lowest BCUT2D eigenvalue weighted by Gasteiger charge is -2.44. The molecule has 6 heteroatoms. The summed E-state index contributed by atoms with van der Waals surface area (Å²) in [7, 11) is 0. The van der Waals surface area contributed by atoms with E-state index in [2.05, 4.69) is 32.6 Å². The van der Waals surface area contributed by atoms with E-state index in [0.717, 1.165) is 23.1 Å². The molecule has 0 radical (unpaired) electrons. The molecule has 3 aromatic carbocycles. The molecule has 3 aromatic rings. The van der Waals surface area contributed by atoms with Crippen molar-refractivity contribution < 1.29 is 24.1 Å². The second kappa shape index (κ2) is 12.5. The minimum absolute atomic E-state index is 0.0118. The van der Waals surface area contributed by atoms with Gasteiger partial charge in [-0.15, -0.1) is 0 Å². The van der Waals surface area contributed by atoms with Gasteiger partial charge in [-0.3, -0.25) is 0 Å². The van der Waals surface area contributed by atoms with Crippen LogP contribution in [0.3, 0.4) is 0 Å². The van der Waals surface area contributed by atoms with Crippen LogP contribution in [0, 0.1) is 11.8 Å². The van der Waals surface area contributed by atoms with Crippen LogP contribution in [0.4, 0.5) is 0 Å². The van der Waals surface area contributed by atoms with Crippen LogP contribution in [0.25, 0.3) is 0 Å². The van der Waals surface area contributed by atoms with Gasteiger partial charge in [-0.25, -0.2) is 4.79 Å². The zero-order valence-electron chi connectivity index (χ0n) is 22.1. The molecule has 0 unspecified atom stereocenters. The second-order valence-electron chi connectivity index (χ2n) is 10.3. The Morgan fingerprint density at radius 3 is 2.42 bits per heavy atom. The molecule has 1 aliphatic rings. The largest absolute Gasteiger partial charge is 0.489 e. The van der Waals surface area contributed by atoms with Crippen molar-refractivity contribution in [1.82, 2.24) is 0 Å². The number of carbonyl (C=O) groups is 1. The minimum atomic E-state index is -1.04. The van der Waals surface area contributed by atoms with Gasteiger partial charge < -0.3 is 19.3 Å². The molecule has 1 fully saturated rings. The average Bonchev–Trinajstić information content (AvgIpc) is 2.91. The van der Waals surface area contributed by atoms with E-state index in [4.69, 9.17) is 25.8 Å². The lowest BCUT2D eigenvalue weighted by atomic mass is 9.73. The first-order valence-corrected chi connectivity index (χ1v) is 13.3. The first-order chi connectivity index (χ1) is 18.2. The number of hydrogen-bond donors (Lipinski definition) is 1. The maximum absolute atomic E-state index is 11.3. The summed E-state index contributed by atoms with van der Waals surface area (Å²) in [6, 6.07) is 23.4. The Morgan fingerprint density at radius 2 is 1.79 bits per heavy atom. The third kappa shape index (κ3) is 6.77. The van der Waals surface area contributed by atoms with Gasteiger partial charge >= 0.3 is 5.97 Å². The molecule has 1 saturated heterocycles. The van der Waals surface area contributed by atoms with Crippen LogP contribution < -0.4 is 9.47 Å². The fourth-order valence-corrected chi connectivity index (χ4v) is 5.27. The molecule has 5 nitrogen and oxygen atoms in total. The summed E-state index contributed by atoms with van der Waals surface area (Å²) in [4.78, 5) is 11.3. The topological polar surface area (TPSA) is 65.0 Å². The van der Waals surface area contributed by atoms with Crippen molar-refractivity contribution in [2.75, 3.05) is 6.61 Å². The normalized spacial score (nSPS) is 21.2. The van der Waals surface area contributed by atoms with E-state index in [9.17, 15) is 9.90 Å². The molecule has 38 heavy (non-hydrogen) atoms. The zero-order chi connectivity index (χ0) is 27.2. The predicted octanol–water partition coefficient (Wildman–Crippen LogP) is 7.84. The smallest absolute Gasteiger partial charge is 0.341 e. The first-order valence-electron chi connectivity index (χ1n) is 12.9. The number of ether oxygens (including phenoxy) is 3. The quantitative estimate of drug-likeness (QED) is 0.268. The SMILES string of the molecule is C=C(C)[C@H]1C[C@H](c2ccc(Cl)cc2)[C@H](C(C)C)O[C@@H]1c1cc(OCc2ccccc2)ccc1OCC(=O)O. The highest BCUT2D eigenvalue weighted by Gasteiger charge is 2.42. The third-order valence-electron chi connectivity index (χ3n) is 7.05. The molecule has 200 valence electrons. The number of rotatable bonds is 10. The summed E-state index contributed by atoms with van der Waals surface area (Å²) in [6.07, 6.45) is 0.392. The second-order valence-corrected chi connectivity index (χ2v) is 10.7. The highest BCUT2D eigenvalue weighted by Crippen LogP contribution is 2.50. The number of carboxylic acid groups (broad SMARTS) is 1. The summed E-state index contributed by atoms with van der Waals surface area (Å²) in [5.41, 5.74) is 4.00. The number of aliphatic carboxylic acids is 1. The summed E-state index contributed by atoms with van der Waals surface area (Å²) < 4.78 is 18.7. The Hall–Kier alpha value is -3.28. The third-order valence-corrected chi connectivity index (χ3v) is 7.30. The summed E-state index contributed by atoms with van der Waals surface area (Å²) >= 11 is 6.17. The lowest BCUT2D eigenvalue weighted by Crippen LogP contribution is -2.39. The van der Waals surface area contributed by atoms with Gasteiger partial charge in [0.15, 0.2) is 6.61 Å². The van der Waals surface area contributed by atoms with Gasteiger partial charge in [-0.05, 0) is 60.7 Å². The van der Waals surface area contributed by atoms with Crippen LogP contribution in [0.15, 0.2) is 84.9 Å². The van der Waals surface area contributed by atoms with Crippen molar-refractivity contribution in [3.63, 3.8) is 0 Å². The van der Waals surface area contributed by atoms with Crippen molar-refractivity contribution >= 4 is 17.6 Å². The minimum Gasteiger partial charge on any atom is -0.489 e. The number of halogens is 1. The first kappa shape index (κ1) is 27.7. The van der Waals surface area contributed by atoms with Crippen molar-refractivity contribution in [2.24, 2.45) is 11.8 Å². The molecule has 1 heterocycles. The molecule has 0 aliphatic carbocycles. The molecule has 0 saturated carbocycles. The van der Waals surface area contributed by atoms with E-state index >= 15 is 0 Å². The average molecular weight is 535 g/mol. The molecule has 0 aromatic heterocycles. The van der Waals surface area contributed by atoms with E-state index in [1.54, 1.807) is 12.1 Å². The van der Waals surface area contributed by atoms with Gasteiger partial charge in [0, 0.05) is 22.4 Å². The monoisotopic (exact) mass is 534 g/mol. The van der Waals surface area contributed by atoms with E-state index in [1.165, 1.54) is 5.56 Å². The Labute approximate surface area is 230 Å². The van der Waals surface area contributed by atoms with E-state index in [0.29, 0.717) is 23.1 Å². The molecule has 4 rings (SSSR count). The van der Waals surface area contributed by atoms with Crippen molar-refractivity contribution in [1.29, 1.82) is 0 Å². The molecule has 0 spiro atoms. The summed E-state index contributed by atoms with van der Waals surface area (Å²) in [5, 5.41) is 9.97. The fourth-order valence-electron chi connectivity index (χ4n) is 5.15. The molecular formula is C32H35ClO5. The van der Waals surface area contributed by atoms with Crippen molar-refractivity contribution in [3.8, 4) is 11.5 Å². The number of carboxylic acids is 1. The highest BCUT2D eigenvalue weighted by molar-refractivity contribution is 6.30. The maximum atomic E-state index is 11.3. The van der Waals surface area contributed by atoms with Gasteiger partial charge in [0.2, 0.25) is 0 Å². The Morgan fingerprint density at radius 1 is 1.08 bits per heavy atom. The molecule has 1 aliphatic heterocycles. The fraction of sp³-hybridized carbons (Fsp3) is 0.344. The number of benzene rings is 3. The lowest BCUT2D eigenvalue weighted by molar-refractivity contribution is -0.139. The Bertz CT molecular complexity index is 1240. The maximum Gasteiger partial charge on any atom is 0.341 e. The van der Waals surface area contributed by atoms with Crippen LogP contribution in [0.2, 0.25) is 5.02 Å². The van der Waals surface area contributed by atoms with Crippen LogP contribution in [0.1, 0.15) is 55.9 Å². The molecule has 0 amide bonds. The number of hydrogen-bond acceptors (Lipinski definition) is 4. The van der Waals surface area contributed by atoms with E-state index in [-0.39, 0.29) is 30.0 Å². The molecule has 4 atom stereocenters. The zero-order valence-corrected chi connectivity index (χ0v) is 22.9. The summed E-state index contributed by atoms with van der Waals surface area (Å²) in [5.74, 6) is 0.488. The summed E-state index contributed by atoms with van der Waals surface area (Å²) in [6.45, 7) is 10.6. The van der Waals surface area contributed by atoms with E-state index < -0.39 is 12.6 Å². The van der Waals surface area contributed by atoms with Crippen LogP contribution in [-0.4, -0.2) is 23.8 Å². The Balaban J connectivity index is 1.69.